The molecule has 2 saturated heterocycles. The van der Waals surface area contributed by atoms with Gasteiger partial charge in [-0.15, -0.1) is 0 Å². The first-order chi connectivity index (χ1) is 13.1. The highest BCUT2D eigenvalue weighted by Gasteiger charge is 2.53. The van der Waals surface area contributed by atoms with Gasteiger partial charge in [0.05, 0.1) is 12.8 Å². The number of hydrogen-bond donors (Lipinski definition) is 1. The molecule has 0 radical (unpaired) electrons. The van der Waals surface area contributed by atoms with Crippen LogP contribution in [0.3, 0.4) is 0 Å². The van der Waals surface area contributed by atoms with Crippen molar-refractivity contribution in [2.75, 3.05) is 20.1 Å². The van der Waals surface area contributed by atoms with Crippen LogP contribution in [0, 0.1) is 0 Å². The van der Waals surface area contributed by atoms with Gasteiger partial charge in [-0.2, -0.15) is 0 Å². The third-order valence-corrected chi connectivity index (χ3v) is 5.80. The fourth-order valence-electron chi connectivity index (χ4n) is 4.14. The minimum atomic E-state index is -0.788. The summed E-state index contributed by atoms with van der Waals surface area (Å²) in [5.74, 6) is 0.636. The molecule has 0 saturated carbocycles. The number of hydrogen-bond acceptors (Lipinski definition) is 4. The first kappa shape index (κ1) is 17.8. The molecule has 27 heavy (non-hydrogen) atoms. The molecule has 0 bridgehead atoms. The monoisotopic (exact) mass is 367 g/mol. The molecule has 1 aromatic carbocycles. The van der Waals surface area contributed by atoms with Gasteiger partial charge in [-0.05, 0) is 37.6 Å². The van der Waals surface area contributed by atoms with Crippen molar-refractivity contribution in [2.24, 2.45) is 0 Å². The molecule has 4 rings (SSSR count). The lowest BCUT2D eigenvalue weighted by atomic mass is 9.81. The summed E-state index contributed by atoms with van der Waals surface area (Å²) >= 11 is 0. The van der Waals surface area contributed by atoms with E-state index in [1.54, 1.807) is 11.2 Å². The van der Waals surface area contributed by atoms with Crippen molar-refractivity contribution in [2.45, 2.75) is 37.4 Å². The number of piperazine rings is 1. The fourth-order valence-corrected chi connectivity index (χ4v) is 4.14. The van der Waals surface area contributed by atoms with E-state index >= 15 is 0 Å². The molecule has 6 heteroatoms. The summed E-state index contributed by atoms with van der Waals surface area (Å²) in [6.45, 7) is 1.91. The highest BCUT2D eigenvalue weighted by Crippen LogP contribution is 2.34. The van der Waals surface area contributed by atoms with E-state index in [1.165, 1.54) is 0 Å². The van der Waals surface area contributed by atoms with Crippen LogP contribution in [0.2, 0.25) is 0 Å². The van der Waals surface area contributed by atoms with Gasteiger partial charge in [-0.3, -0.25) is 9.59 Å². The highest BCUT2D eigenvalue weighted by atomic mass is 16.3. The smallest absolute Gasteiger partial charge is 0.246 e. The van der Waals surface area contributed by atoms with Crippen molar-refractivity contribution in [1.82, 2.24) is 15.1 Å². The maximum absolute atomic E-state index is 13.4. The number of rotatable bonds is 4. The fraction of sp³-hybridized carbons (Fsp3) is 0.429. The molecule has 2 aliphatic rings. The Labute approximate surface area is 159 Å². The van der Waals surface area contributed by atoms with Crippen LogP contribution in [0.15, 0.2) is 53.1 Å². The normalized spacial score (nSPS) is 22.9. The standard InChI is InChI=1S/C21H25N3O3/c1-23-11-9-21(10-12-23)20(26)22-18(14-16-6-3-2-4-7-16)19(25)24(21)15-17-8-5-13-27-17/h2-8,13,18H,9-12,14-15H2,1H3,(H,22,26). The summed E-state index contributed by atoms with van der Waals surface area (Å²) in [6.07, 6.45) is 3.38. The van der Waals surface area contributed by atoms with E-state index in [1.807, 2.05) is 49.5 Å². The summed E-state index contributed by atoms with van der Waals surface area (Å²) in [7, 11) is 2.05. The van der Waals surface area contributed by atoms with Crippen molar-refractivity contribution in [3.05, 3.63) is 60.1 Å². The SMILES string of the molecule is CN1CCC2(CC1)C(=O)NC(Cc1ccccc1)C(=O)N2Cc1ccco1. The number of nitrogens with zero attached hydrogens (tertiary/aromatic N) is 2. The molecule has 2 fully saturated rings. The lowest BCUT2D eigenvalue weighted by Gasteiger charge is -2.51. The molecular formula is C21H25N3O3. The van der Waals surface area contributed by atoms with Gasteiger partial charge in [0.15, 0.2) is 0 Å². The van der Waals surface area contributed by atoms with E-state index in [9.17, 15) is 9.59 Å². The molecule has 1 N–H and O–H groups in total. The number of furan rings is 1. The third-order valence-electron chi connectivity index (χ3n) is 5.80. The van der Waals surface area contributed by atoms with Crippen LogP contribution in [0.1, 0.15) is 24.2 Å². The van der Waals surface area contributed by atoms with Gasteiger partial charge < -0.3 is 19.5 Å². The van der Waals surface area contributed by atoms with Crippen LogP contribution in [0.4, 0.5) is 0 Å². The van der Waals surface area contributed by atoms with Gasteiger partial charge in [0, 0.05) is 19.5 Å². The second-order valence-electron chi connectivity index (χ2n) is 7.55. The Morgan fingerprint density at radius 2 is 1.85 bits per heavy atom. The van der Waals surface area contributed by atoms with E-state index in [0.29, 0.717) is 31.6 Å². The second kappa shape index (κ2) is 7.19. The Morgan fingerprint density at radius 3 is 2.52 bits per heavy atom. The van der Waals surface area contributed by atoms with Crippen molar-refractivity contribution >= 4 is 11.8 Å². The Bertz CT molecular complexity index is 795. The zero-order chi connectivity index (χ0) is 18.9. The number of benzene rings is 1. The molecule has 6 nitrogen and oxygen atoms in total. The van der Waals surface area contributed by atoms with Gasteiger partial charge >= 0.3 is 0 Å². The first-order valence-corrected chi connectivity index (χ1v) is 9.46. The van der Waals surface area contributed by atoms with E-state index in [4.69, 9.17) is 4.42 Å². The Hall–Kier alpha value is -2.60. The molecule has 2 amide bonds. The Morgan fingerprint density at radius 1 is 1.11 bits per heavy atom. The predicted octanol–water partition coefficient (Wildman–Crippen LogP) is 1.81. The van der Waals surface area contributed by atoms with Crippen LogP contribution in [-0.2, 0) is 22.6 Å². The topological polar surface area (TPSA) is 65.8 Å². The average molecular weight is 367 g/mol. The molecule has 1 spiro atoms. The molecule has 1 aromatic heterocycles. The highest BCUT2D eigenvalue weighted by molar-refractivity contribution is 6.00. The number of nitrogens with one attached hydrogen (secondary N) is 1. The molecule has 3 heterocycles. The summed E-state index contributed by atoms with van der Waals surface area (Å²) in [5.41, 5.74) is 0.247. The van der Waals surface area contributed by atoms with Crippen LogP contribution in [0.25, 0.3) is 0 Å². The molecular weight excluding hydrogens is 342 g/mol. The zero-order valence-corrected chi connectivity index (χ0v) is 15.6. The van der Waals surface area contributed by atoms with Crippen LogP contribution in [0.5, 0.6) is 0 Å². The Balaban J connectivity index is 1.63. The third kappa shape index (κ3) is 3.37. The van der Waals surface area contributed by atoms with Gasteiger partial charge in [-0.1, -0.05) is 30.3 Å². The lowest BCUT2D eigenvalue weighted by molar-refractivity contribution is -0.162. The summed E-state index contributed by atoms with van der Waals surface area (Å²) in [5, 5.41) is 3.02. The number of piperidine rings is 1. The van der Waals surface area contributed by atoms with Crippen molar-refractivity contribution in [3.8, 4) is 0 Å². The maximum Gasteiger partial charge on any atom is 0.246 e. The number of carbonyl (C=O) groups is 2. The first-order valence-electron chi connectivity index (χ1n) is 9.46. The predicted molar refractivity (Wildman–Crippen MR) is 101 cm³/mol. The quantitative estimate of drug-likeness (QED) is 0.895. The van der Waals surface area contributed by atoms with E-state index in [-0.39, 0.29) is 11.8 Å². The van der Waals surface area contributed by atoms with Crippen molar-refractivity contribution in [3.63, 3.8) is 0 Å². The average Bonchev–Trinajstić information content (AvgIpc) is 3.19. The van der Waals surface area contributed by atoms with Crippen LogP contribution >= 0.6 is 0 Å². The number of amides is 2. The number of carbonyl (C=O) groups excluding carboxylic acids is 2. The van der Waals surface area contributed by atoms with Crippen LogP contribution < -0.4 is 5.32 Å². The van der Waals surface area contributed by atoms with Crippen LogP contribution in [-0.4, -0.2) is 53.3 Å². The number of likely N-dealkylation sites (tertiary alicyclic amines) is 1. The van der Waals surface area contributed by atoms with Gasteiger partial charge in [0.25, 0.3) is 0 Å². The summed E-state index contributed by atoms with van der Waals surface area (Å²) in [4.78, 5) is 30.6. The van der Waals surface area contributed by atoms with Crippen molar-refractivity contribution in [1.29, 1.82) is 0 Å². The largest absolute Gasteiger partial charge is 0.467 e. The van der Waals surface area contributed by atoms with E-state index in [2.05, 4.69) is 10.2 Å². The molecule has 1 atom stereocenters. The molecule has 1 unspecified atom stereocenters. The maximum atomic E-state index is 13.4. The molecule has 2 aliphatic heterocycles. The van der Waals surface area contributed by atoms with E-state index < -0.39 is 11.6 Å². The molecule has 2 aromatic rings. The summed E-state index contributed by atoms with van der Waals surface area (Å²) in [6, 6.07) is 12.9. The minimum absolute atomic E-state index is 0.0283. The molecule has 0 aliphatic carbocycles. The lowest BCUT2D eigenvalue weighted by Crippen LogP contribution is -2.72. The van der Waals surface area contributed by atoms with E-state index in [0.717, 1.165) is 18.7 Å². The summed E-state index contributed by atoms with van der Waals surface area (Å²) < 4.78 is 5.49. The zero-order valence-electron chi connectivity index (χ0n) is 15.6. The van der Waals surface area contributed by atoms with Gasteiger partial charge in [-0.25, -0.2) is 0 Å². The minimum Gasteiger partial charge on any atom is -0.467 e. The van der Waals surface area contributed by atoms with Crippen molar-refractivity contribution < 1.29 is 14.0 Å². The van der Waals surface area contributed by atoms with Gasteiger partial charge in [0.1, 0.15) is 17.3 Å². The molecule has 142 valence electrons. The van der Waals surface area contributed by atoms with Gasteiger partial charge in [0.2, 0.25) is 11.8 Å². The Kier molecular flexibility index (Phi) is 4.74. The second-order valence-corrected chi connectivity index (χ2v) is 7.55.